The van der Waals surface area contributed by atoms with Crippen molar-refractivity contribution in [3.8, 4) is 5.82 Å². The minimum Gasteiger partial charge on any atom is -0.352 e. The van der Waals surface area contributed by atoms with Crippen molar-refractivity contribution in [1.29, 1.82) is 0 Å². The first-order valence-corrected chi connectivity index (χ1v) is 10.3. The van der Waals surface area contributed by atoms with Crippen LogP contribution < -0.4 is 5.32 Å². The monoisotopic (exact) mass is 411 g/mol. The molecule has 0 aliphatic carbocycles. The number of nitrogens with zero attached hydrogens (tertiary/aromatic N) is 4. The van der Waals surface area contributed by atoms with E-state index in [4.69, 9.17) is 12.2 Å². The van der Waals surface area contributed by atoms with Crippen molar-refractivity contribution in [2.24, 2.45) is 0 Å². The lowest BCUT2D eigenvalue weighted by Crippen LogP contribution is -2.30. The van der Waals surface area contributed by atoms with Gasteiger partial charge in [0.05, 0.1) is 17.8 Å². The van der Waals surface area contributed by atoms with Crippen molar-refractivity contribution in [1.82, 2.24) is 24.8 Å². The number of aromatic nitrogens is 3. The molecule has 3 aromatic heterocycles. The number of hydrogen-bond acceptors (Lipinski definition) is 3. The Labute approximate surface area is 181 Å². The Bertz CT molecular complexity index is 1130. The Morgan fingerprint density at radius 3 is 2.33 bits per heavy atom. The predicted molar refractivity (Wildman–Crippen MR) is 121 cm³/mol. The third-order valence-electron chi connectivity index (χ3n) is 5.37. The summed E-state index contributed by atoms with van der Waals surface area (Å²) >= 11 is 5.79. The van der Waals surface area contributed by atoms with Gasteiger partial charge in [-0.25, -0.2) is 4.98 Å². The molecule has 1 aliphatic rings. The molecule has 1 fully saturated rings. The van der Waals surface area contributed by atoms with E-state index >= 15 is 0 Å². The highest BCUT2D eigenvalue weighted by Gasteiger charge is 2.41. The van der Waals surface area contributed by atoms with E-state index in [1.807, 2.05) is 54.9 Å². The van der Waals surface area contributed by atoms with Gasteiger partial charge in [0, 0.05) is 30.8 Å². The fourth-order valence-corrected chi connectivity index (χ4v) is 4.32. The van der Waals surface area contributed by atoms with Crippen molar-refractivity contribution < 1.29 is 0 Å². The zero-order chi connectivity index (χ0) is 20.3. The van der Waals surface area contributed by atoms with Crippen LogP contribution in [0.4, 0.5) is 0 Å². The molecule has 5 rings (SSSR count). The first-order chi connectivity index (χ1) is 14.8. The van der Waals surface area contributed by atoms with Gasteiger partial charge in [0.15, 0.2) is 5.11 Å². The predicted octanol–water partition coefficient (Wildman–Crippen LogP) is 4.44. The quantitative estimate of drug-likeness (QED) is 0.492. The summed E-state index contributed by atoms with van der Waals surface area (Å²) in [5, 5.41) is 4.25. The average molecular weight is 412 g/mol. The second kappa shape index (κ2) is 8.08. The van der Waals surface area contributed by atoms with Gasteiger partial charge in [-0.2, -0.15) is 0 Å². The van der Waals surface area contributed by atoms with Crippen LogP contribution in [-0.2, 0) is 6.54 Å². The van der Waals surface area contributed by atoms with Crippen LogP contribution >= 0.6 is 12.2 Å². The summed E-state index contributed by atoms with van der Waals surface area (Å²) in [4.78, 5) is 11.4. The summed E-state index contributed by atoms with van der Waals surface area (Å²) in [6.45, 7) is 0.716. The van der Waals surface area contributed by atoms with Gasteiger partial charge in [-0.15, -0.1) is 0 Å². The van der Waals surface area contributed by atoms with Crippen molar-refractivity contribution in [3.05, 3.63) is 114 Å². The third-order valence-corrected chi connectivity index (χ3v) is 5.73. The molecule has 1 aromatic carbocycles. The molecule has 1 saturated heterocycles. The molecule has 1 aliphatic heterocycles. The molecule has 0 radical (unpaired) electrons. The molecule has 5 nitrogen and oxygen atoms in total. The fourth-order valence-electron chi connectivity index (χ4n) is 4.02. The van der Waals surface area contributed by atoms with E-state index in [-0.39, 0.29) is 12.1 Å². The lowest BCUT2D eigenvalue weighted by molar-refractivity contribution is 0.302. The summed E-state index contributed by atoms with van der Waals surface area (Å²) in [6.07, 6.45) is 5.69. The normalized spacial score (nSPS) is 18.4. The lowest BCUT2D eigenvalue weighted by atomic mass is 10.0. The number of thiocarbonyl (C=S) groups is 1. The van der Waals surface area contributed by atoms with Crippen LogP contribution in [0.25, 0.3) is 5.82 Å². The van der Waals surface area contributed by atoms with Gasteiger partial charge in [-0.05, 0) is 54.2 Å². The summed E-state index contributed by atoms with van der Waals surface area (Å²) in [6, 6.07) is 26.5. The smallest absolute Gasteiger partial charge is 0.170 e. The van der Waals surface area contributed by atoms with Crippen LogP contribution in [0.15, 0.2) is 97.5 Å². The minimum atomic E-state index is -0.0558. The highest BCUT2D eigenvalue weighted by atomic mass is 32.1. The summed E-state index contributed by atoms with van der Waals surface area (Å²) in [5.74, 6) is 0.884. The molecule has 1 N–H and O–H groups in total. The Balaban J connectivity index is 1.60. The Morgan fingerprint density at radius 1 is 0.833 bits per heavy atom. The molecule has 0 saturated carbocycles. The largest absolute Gasteiger partial charge is 0.352 e. The summed E-state index contributed by atoms with van der Waals surface area (Å²) in [7, 11) is 0. The SMILES string of the molecule is S=C1N[C@@H](c2ccccn2)[C@@H](c2cccn2-c2ccccn2)N1Cc1ccccc1. The van der Waals surface area contributed by atoms with E-state index in [2.05, 4.69) is 67.3 Å². The molecule has 2 atom stereocenters. The van der Waals surface area contributed by atoms with E-state index in [1.165, 1.54) is 5.56 Å². The maximum absolute atomic E-state index is 5.79. The molecule has 0 amide bonds. The molecular weight excluding hydrogens is 390 g/mol. The Hall–Kier alpha value is -3.51. The van der Waals surface area contributed by atoms with E-state index < -0.39 is 0 Å². The number of hydrogen-bond donors (Lipinski definition) is 1. The van der Waals surface area contributed by atoms with E-state index in [0.717, 1.165) is 22.3 Å². The first-order valence-electron chi connectivity index (χ1n) is 9.92. The van der Waals surface area contributed by atoms with Crippen LogP contribution in [0, 0.1) is 0 Å². The summed E-state index contributed by atoms with van der Waals surface area (Å²) in [5.41, 5.74) is 3.30. The van der Waals surface area contributed by atoms with Crippen molar-refractivity contribution in [2.45, 2.75) is 18.6 Å². The zero-order valence-electron chi connectivity index (χ0n) is 16.3. The highest BCUT2D eigenvalue weighted by molar-refractivity contribution is 7.80. The summed E-state index contributed by atoms with van der Waals surface area (Å²) < 4.78 is 2.13. The van der Waals surface area contributed by atoms with E-state index in [0.29, 0.717) is 6.54 Å². The van der Waals surface area contributed by atoms with Crippen LogP contribution in [0.1, 0.15) is 29.0 Å². The van der Waals surface area contributed by atoms with Gasteiger partial charge < -0.3 is 14.8 Å². The molecule has 0 bridgehead atoms. The molecule has 0 unspecified atom stereocenters. The van der Waals surface area contributed by atoms with E-state index in [1.54, 1.807) is 0 Å². The molecule has 4 heterocycles. The van der Waals surface area contributed by atoms with Gasteiger partial charge in [-0.3, -0.25) is 4.98 Å². The minimum absolute atomic E-state index is 0.0235. The second-order valence-corrected chi connectivity index (χ2v) is 7.62. The number of pyridine rings is 2. The average Bonchev–Trinajstić information content (AvgIpc) is 3.40. The molecule has 30 heavy (non-hydrogen) atoms. The molecule has 0 spiro atoms. The highest BCUT2D eigenvalue weighted by Crippen LogP contribution is 2.40. The van der Waals surface area contributed by atoms with Gasteiger partial charge in [0.1, 0.15) is 5.82 Å². The standard InChI is InChI=1S/C24H21N5S/c30-24-27-22(19-11-4-6-14-25-19)23(29(24)17-18-9-2-1-3-10-18)20-12-8-16-28(20)21-13-5-7-15-26-21/h1-16,22-23H,17H2,(H,27,30)/t22-,23+/m0/s1. The molecule has 6 heteroatoms. The van der Waals surface area contributed by atoms with Crippen LogP contribution in [0.2, 0.25) is 0 Å². The number of nitrogens with one attached hydrogen (secondary N) is 1. The molecular formula is C24H21N5S. The third kappa shape index (κ3) is 3.46. The van der Waals surface area contributed by atoms with E-state index in [9.17, 15) is 0 Å². The number of rotatable bonds is 5. The number of benzene rings is 1. The first kappa shape index (κ1) is 18.5. The maximum atomic E-state index is 5.79. The van der Waals surface area contributed by atoms with Gasteiger partial charge in [0.25, 0.3) is 0 Å². The fraction of sp³-hybridized carbons (Fsp3) is 0.125. The van der Waals surface area contributed by atoms with Crippen molar-refractivity contribution in [2.75, 3.05) is 0 Å². The van der Waals surface area contributed by atoms with Gasteiger partial charge in [0.2, 0.25) is 0 Å². The lowest BCUT2D eigenvalue weighted by Gasteiger charge is -2.28. The van der Waals surface area contributed by atoms with Crippen LogP contribution in [-0.4, -0.2) is 24.5 Å². The van der Waals surface area contributed by atoms with Crippen LogP contribution in [0.5, 0.6) is 0 Å². The molecule has 4 aromatic rings. The van der Waals surface area contributed by atoms with Gasteiger partial charge in [-0.1, -0.05) is 42.5 Å². The molecule has 148 valence electrons. The Kier molecular flexibility index (Phi) is 4.99. The Morgan fingerprint density at radius 2 is 1.60 bits per heavy atom. The second-order valence-electron chi connectivity index (χ2n) is 7.23. The zero-order valence-corrected chi connectivity index (χ0v) is 17.1. The van der Waals surface area contributed by atoms with Gasteiger partial charge >= 0.3 is 0 Å². The van der Waals surface area contributed by atoms with Crippen LogP contribution in [0.3, 0.4) is 0 Å². The topological polar surface area (TPSA) is 46.0 Å². The van der Waals surface area contributed by atoms with Crippen molar-refractivity contribution in [3.63, 3.8) is 0 Å². The van der Waals surface area contributed by atoms with Crippen molar-refractivity contribution >= 4 is 17.3 Å². The maximum Gasteiger partial charge on any atom is 0.170 e.